The van der Waals surface area contributed by atoms with Crippen LogP contribution in [0.25, 0.3) is 0 Å². The Morgan fingerprint density at radius 2 is 1.88 bits per heavy atom. The van der Waals surface area contributed by atoms with Gasteiger partial charge in [-0.15, -0.1) is 11.8 Å². The number of aromatic nitrogens is 1. The first-order valence-electron chi connectivity index (χ1n) is 9.94. The molecule has 3 rings (SSSR count). The Morgan fingerprint density at radius 1 is 1.09 bits per heavy atom. The molecule has 0 radical (unpaired) electrons. The number of anilines is 1. The minimum Gasteiger partial charge on any atom is -0.497 e. The molecule has 7 nitrogen and oxygen atoms in total. The highest BCUT2D eigenvalue weighted by Gasteiger charge is 2.27. The quantitative estimate of drug-likeness (QED) is 0.360. The van der Waals surface area contributed by atoms with E-state index >= 15 is 0 Å². The van der Waals surface area contributed by atoms with Crippen LogP contribution in [-0.4, -0.2) is 45.3 Å². The maximum absolute atomic E-state index is 13.4. The summed E-state index contributed by atoms with van der Waals surface area (Å²) in [6, 6.07) is 18.8. The number of nitrogens with one attached hydrogen (secondary N) is 1. The van der Waals surface area contributed by atoms with E-state index in [2.05, 4.69) is 10.3 Å². The molecule has 0 saturated carbocycles. The molecule has 1 amide bonds. The highest BCUT2D eigenvalue weighted by atomic mass is 32.2. The molecule has 2 aromatic carbocycles. The fraction of sp³-hybridized carbons (Fsp3) is 0.217. The normalized spacial score (nSPS) is 11.1. The molecule has 0 aliphatic rings. The monoisotopic (exact) mass is 471 g/mol. The smallest absolute Gasteiger partial charge is 0.264 e. The van der Waals surface area contributed by atoms with Gasteiger partial charge in [-0.25, -0.2) is 13.4 Å². The fourth-order valence-corrected chi connectivity index (χ4v) is 5.02. The van der Waals surface area contributed by atoms with Crippen LogP contribution in [0.2, 0.25) is 0 Å². The van der Waals surface area contributed by atoms with Gasteiger partial charge in [-0.2, -0.15) is 0 Å². The van der Waals surface area contributed by atoms with Crippen LogP contribution >= 0.6 is 11.8 Å². The molecule has 1 N–H and O–H groups in total. The SMILES string of the molecule is COc1cccc(N(CC(=O)NCCSc2ccccn2)S(=O)(=O)c2ccc(C)cc2)c1. The van der Waals surface area contributed by atoms with Gasteiger partial charge in [-0.1, -0.05) is 29.8 Å². The summed E-state index contributed by atoms with van der Waals surface area (Å²) in [4.78, 5) is 17.0. The van der Waals surface area contributed by atoms with Crippen LogP contribution in [0.4, 0.5) is 5.69 Å². The molecule has 168 valence electrons. The zero-order valence-electron chi connectivity index (χ0n) is 17.9. The number of thioether (sulfide) groups is 1. The van der Waals surface area contributed by atoms with E-state index < -0.39 is 15.9 Å². The predicted molar refractivity (Wildman–Crippen MR) is 127 cm³/mol. The number of pyridine rings is 1. The van der Waals surface area contributed by atoms with Gasteiger partial charge in [0.2, 0.25) is 5.91 Å². The number of benzene rings is 2. The number of carbonyl (C=O) groups excluding carboxylic acids is 1. The molecule has 3 aromatic rings. The molecular formula is C23H25N3O4S2. The number of aryl methyl sites for hydroxylation is 1. The van der Waals surface area contributed by atoms with Gasteiger partial charge < -0.3 is 10.1 Å². The van der Waals surface area contributed by atoms with Crippen LogP contribution in [0, 0.1) is 6.92 Å². The minimum absolute atomic E-state index is 0.115. The number of carbonyl (C=O) groups is 1. The molecular weight excluding hydrogens is 446 g/mol. The van der Waals surface area contributed by atoms with Crippen LogP contribution in [0.15, 0.2) is 82.8 Å². The maximum Gasteiger partial charge on any atom is 0.264 e. The topological polar surface area (TPSA) is 88.6 Å². The summed E-state index contributed by atoms with van der Waals surface area (Å²) in [7, 11) is -2.46. The Morgan fingerprint density at radius 3 is 2.56 bits per heavy atom. The summed E-state index contributed by atoms with van der Waals surface area (Å²) in [5.74, 6) is 0.719. The average Bonchev–Trinajstić information content (AvgIpc) is 2.81. The molecule has 0 unspecified atom stereocenters. The van der Waals surface area contributed by atoms with E-state index in [4.69, 9.17) is 4.74 Å². The Kier molecular flexibility index (Phi) is 8.13. The number of hydrogen-bond acceptors (Lipinski definition) is 6. The summed E-state index contributed by atoms with van der Waals surface area (Å²) in [6.07, 6.45) is 1.71. The average molecular weight is 472 g/mol. The van der Waals surface area contributed by atoms with Crippen LogP contribution in [-0.2, 0) is 14.8 Å². The van der Waals surface area contributed by atoms with E-state index in [-0.39, 0.29) is 11.4 Å². The van der Waals surface area contributed by atoms with Crippen LogP contribution < -0.4 is 14.4 Å². The molecule has 1 heterocycles. The molecule has 0 fully saturated rings. The van der Waals surface area contributed by atoms with Gasteiger partial charge in [0.1, 0.15) is 12.3 Å². The molecule has 32 heavy (non-hydrogen) atoms. The van der Waals surface area contributed by atoms with Crippen molar-refractivity contribution in [1.82, 2.24) is 10.3 Å². The van der Waals surface area contributed by atoms with E-state index in [1.54, 1.807) is 54.7 Å². The number of methoxy groups -OCH3 is 1. The summed E-state index contributed by atoms with van der Waals surface area (Å²) < 4.78 is 33.1. The zero-order chi connectivity index (χ0) is 23.0. The van der Waals surface area contributed by atoms with Crippen LogP contribution in [0.5, 0.6) is 5.75 Å². The second kappa shape index (κ2) is 11.0. The molecule has 0 spiro atoms. The van der Waals surface area contributed by atoms with Crippen molar-refractivity contribution in [2.45, 2.75) is 16.8 Å². The summed E-state index contributed by atoms with van der Waals surface area (Å²) >= 11 is 1.51. The van der Waals surface area contributed by atoms with Gasteiger partial charge in [0.15, 0.2) is 0 Å². The summed E-state index contributed by atoms with van der Waals surface area (Å²) in [5, 5.41) is 3.65. The van der Waals surface area contributed by atoms with Gasteiger partial charge in [-0.3, -0.25) is 9.10 Å². The first kappa shape index (κ1) is 23.6. The third-order valence-corrected chi connectivity index (χ3v) is 7.28. The first-order valence-corrected chi connectivity index (χ1v) is 12.4. The largest absolute Gasteiger partial charge is 0.497 e. The zero-order valence-corrected chi connectivity index (χ0v) is 19.5. The number of hydrogen-bond donors (Lipinski definition) is 1. The van der Waals surface area contributed by atoms with Crippen molar-refractivity contribution in [2.75, 3.05) is 30.3 Å². The molecule has 0 bridgehead atoms. The van der Waals surface area contributed by atoms with E-state index in [9.17, 15) is 13.2 Å². The van der Waals surface area contributed by atoms with Crippen molar-refractivity contribution in [3.63, 3.8) is 0 Å². The van der Waals surface area contributed by atoms with E-state index in [1.165, 1.54) is 18.9 Å². The molecule has 9 heteroatoms. The molecule has 0 aliphatic heterocycles. The van der Waals surface area contributed by atoms with Crippen LogP contribution in [0.3, 0.4) is 0 Å². The van der Waals surface area contributed by atoms with E-state index in [0.29, 0.717) is 23.7 Å². The number of amides is 1. The lowest BCUT2D eigenvalue weighted by Gasteiger charge is -2.24. The fourth-order valence-electron chi connectivity index (χ4n) is 2.88. The summed E-state index contributed by atoms with van der Waals surface area (Å²) in [5.41, 5.74) is 1.29. The second-order valence-electron chi connectivity index (χ2n) is 6.89. The molecule has 0 atom stereocenters. The van der Waals surface area contributed by atoms with Crippen molar-refractivity contribution >= 4 is 33.4 Å². The number of ether oxygens (including phenoxy) is 1. The van der Waals surface area contributed by atoms with Gasteiger partial charge in [-0.05, 0) is 43.3 Å². The standard InChI is InChI=1S/C23H25N3O4S2/c1-18-9-11-21(12-10-18)32(28,29)26(19-6-5-7-20(16-19)30-2)17-22(27)24-14-15-31-23-8-3-4-13-25-23/h3-13,16H,14-15,17H2,1-2H3,(H,24,27). The number of nitrogens with zero attached hydrogens (tertiary/aromatic N) is 2. The lowest BCUT2D eigenvalue weighted by molar-refractivity contribution is -0.119. The lowest BCUT2D eigenvalue weighted by Crippen LogP contribution is -2.41. The molecule has 1 aromatic heterocycles. The van der Waals surface area contributed by atoms with E-state index in [1.807, 2.05) is 25.1 Å². The van der Waals surface area contributed by atoms with Crippen LogP contribution in [0.1, 0.15) is 5.56 Å². The maximum atomic E-state index is 13.4. The lowest BCUT2D eigenvalue weighted by atomic mass is 10.2. The predicted octanol–water partition coefficient (Wildman–Crippen LogP) is 3.50. The van der Waals surface area contributed by atoms with Crippen molar-refractivity contribution in [2.24, 2.45) is 0 Å². The number of sulfonamides is 1. The van der Waals surface area contributed by atoms with Gasteiger partial charge in [0.25, 0.3) is 10.0 Å². The van der Waals surface area contributed by atoms with E-state index in [0.717, 1.165) is 14.9 Å². The highest BCUT2D eigenvalue weighted by molar-refractivity contribution is 7.99. The Bertz CT molecular complexity index is 1140. The third kappa shape index (κ3) is 6.24. The van der Waals surface area contributed by atoms with Gasteiger partial charge >= 0.3 is 0 Å². The highest BCUT2D eigenvalue weighted by Crippen LogP contribution is 2.27. The minimum atomic E-state index is -3.96. The van der Waals surface area contributed by atoms with Crippen molar-refractivity contribution in [1.29, 1.82) is 0 Å². The van der Waals surface area contributed by atoms with Gasteiger partial charge in [0.05, 0.1) is 22.7 Å². The van der Waals surface area contributed by atoms with Gasteiger partial charge in [0, 0.05) is 24.6 Å². The number of rotatable bonds is 10. The second-order valence-corrected chi connectivity index (χ2v) is 9.87. The van der Waals surface area contributed by atoms with Crippen molar-refractivity contribution in [3.05, 3.63) is 78.5 Å². The van der Waals surface area contributed by atoms with Crippen molar-refractivity contribution < 1.29 is 17.9 Å². The third-order valence-electron chi connectivity index (χ3n) is 4.55. The first-order chi connectivity index (χ1) is 15.4. The Balaban J connectivity index is 1.75. The van der Waals surface area contributed by atoms with Crippen molar-refractivity contribution in [3.8, 4) is 5.75 Å². The molecule has 0 saturated heterocycles. The molecule has 0 aliphatic carbocycles. The Hall–Kier alpha value is -3.04. The summed E-state index contributed by atoms with van der Waals surface area (Å²) in [6.45, 7) is 1.92. The Labute approximate surface area is 192 Å².